The Bertz CT molecular complexity index is 727. The molecule has 2 rings (SSSR count). The highest BCUT2D eigenvalue weighted by Crippen LogP contribution is 2.19. The van der Waals surface area contributed by atoms with Crippen molar-refractivity contribution in [2.45, 2.75) is 26.2 Å². The molecule has 0 aromatic heterocycles. The second kappa shape index (κ2) is 8.85. The summed E-state index contributed by atoms with van der Waals surface area (Å²) in [7, 11) is -3.29. The van der Waals surface area contributed by atoms with Gasteiger partial charge in [-0.1, -0.05) is 56.3 Å². The van der Waals surface area contributed by atoms with Crippen LogP contribution in [0.15, 0.2) is 54.6 Å². The zero-order valence-corrected chi connectivity index (χ0v) is 15.1. The van der Waals surface area contributed by atoms with Crippen molar-refractivity contribution >= 4 is 10.0 Å². The molecule has 24 heavy (non-hydrogen) atoms. The van der Waals surface area contributed by atoms with Crippen LogP contribution < -0.4 is 9.46 Å². The van der Waals surface area contributed by atoms with Crippen molar-refractivity contribution < 1.29 is 13.2 Å². The van der Waals surface area contributed by atoms with Crippen LogP contribution in [0.25, 0.3) is 0 Å². The molecule has 0 aliphatic rings. The normalized spacial score (nSPS) is 11.6. The minimum atomic E-state index is -3.29. The Balaban J connectivity index is 1.74. The van der Waals surface area contributed by atoms with Gasteiger partial charge in [0.2, 0.25) is 10.0 Å². The second-order valence-electron chi connectivity index (χ2n) is 6.02. The van der Waals surface area contributed by atoms with E-state index in [0.717, 1.165) is 11.3 Å². The molecule has 0 fully saturated rings. The second-order valence-corrected chi connectivity index (χ2v) is 7.95. The first-order valence-corrected chi connectivity index (χ1v) is 9.85. The molecular formula is C19H25NO3S. The minimum Gasteiger partial charge on any atom is -0.492 e. The van der Waals surface area contributed by atoms with E-state index in [1.54, 1.807) is 0 Å². The highest BCUT2D eigenvalue weighted by molar-refractivity contribution is 7.89. The highest BCUT2D eigenvalue weighted by atomic mass is 32.2. The molecule has 2 aromatic carbocycles. The number of rotatable bonds is 9. The third-order valence-corrected chi connectivity index (χ3v) is 5.11. The lowest BCUT2D eigenvalue weighted by atomic mass is 10.0. The molecule has 5 heteroatoms. The van der Waals surface area contributed by atoms with Crippen molar-refractivity contribution in [1.82, 2.24) is 4.72 Å². The fraction of sp³-hybridized carbons (Fsp3) is 0.368. The van der Waals surface area contributed by atoms with Crippen molar-refractivity contribution in [1.29, 1.82) is 0 Å². The Morgan fingerprint density at radius 3 is 2.50 bits per heavy atom. The maximum Gasteiger partial charge on any atom is 0.212 e. The number of hydrogen-bond acceptors (Lipinski definition) is 3. The summed E-state index contributed by atoms with van der Waals surface area (Å²) >= 11 is 0. The van der Waals surface area contributed by atoms with E-state index in [1.165, 1.54) is 5.56 Å². The van der Waals surface area contributed by atoms with Crippen LogP contribution in [0.5, 0.6) is 5.75 Å². The van der Waals surface area contributed by atoms with Crippen LogP contribution in [0.3, 0.4) is 0 Å². The summed E-state index contributed by atoms with van der Waals surface area (Å²) in [6.45, 7) is 4.83. The monoisotopic (exact) mass is 347 g/mol. The molecule has 0 bridgehead atoms. The van der Waals surface area contributed by atoms with Crippen LogP contribution in [-0.4, -0.2) is 27.3 Å². The minimum absolute atomic E-state index is 0.0832. The molecule has 0 radical (unpaired) electrons. The van der Waals surface area contributed by atoms with Gasteiger partial charge in [-0.2, -0.15) is 0 Å². The molecule has 0 amide bonds. The molecule has 0 aliphatic carbocycles. The van der Waals surface area contributed by atoms with Gasteiger partial charge in [-0.25, -0.2) is 13.1 Å². The molecule has 0 spiro atoms. The average Bonchev–Trinajstić information content (AvgIpc) is 2.58. The Morgan fingerprint density at radius 1 is 1.04 bits per heavy atom. The fourth-order valence-corrected chi connectivity index (χ4v) is 3.34. The molecular weight excluding hydrogens is 322 g/mol. The first-order valence-electron chi connectivity index (χ1n) is 8.20. The third-order valence-electron chi connectivity index (χ3n) is 3.72. The maximum absolute atomic E-state index is 12.0. The van der Waals surface area contributed by atoms with E-state index >= 15 is 0 Å². The van der Waals surface area contributed by atoms with E-state index in [9.17, 15) is 8.42 Å². The number of aryl methyl sites for hydroxylation is 1. The van der Waals surface area contributed by atoms with E-state index in [0.29, 0.717) is 18.9 Å². The number of nitrogens with one attached hydrogen (secondary N) is 1. The SMILES string of the molecule is CC(C)c1cccc(OCCNS(=O)(=O)CCc2ccccc2)c1. The smallest absolute Gasteiger partial charge is 0.212 e. The van der Waals surface area contributed by atoms with Crippen molar-refractivity contribution in [3.63, 3.8) is 0 Å². The summed E-state index contributed by atoms with van der Waals surface area (Å²) in [4.78, 5) is 0. The standard InChI is InChI=1S/C19H25NO3S/c1-16(2)18-9-6-10-19(15-18)23-13-12-20-24(21,22)14-11-17-7-4-3-5-8-17/h3-10,15-16,20H,11-14H2,1-2H3. The van der Waals surface area contributed by atoms with Crippen LogP contribution in [0, 0.1) is 0 Å². The van der Waals surface area contributed by atoms with Crippen LogP contribution in [0.1, 0.15) is 30.9 Å². The lowest BCUT2D eigenvalue weighted by Gasteiger charge is -2.11. The van der Waals surface area contributed by atoms with Gasteiger partial charge in [-0.05, 0) is 35.6 Å². The Labute approximate surface area is 144 Å². The van der Waals surface area contributed by atoms with Crippen molar-refractivity contribution in [2.24, 2.45) is 0 Å². The summed E-state index contributed by atoms with van der Waals surface area (Å²) in [5.74, 6) is 1.29. The van der Waals surface area contributed by atoms with Gasteiger partial charge in [0.1, 0.15) is 12.4 Å². The number of sulfonamides is 1. The van der Waals surface area contributed by atoms with Crippen molar-refractivity contribution in [3.05, 3.63) is 65.7 Å². The number of ether oxygens (including phenoxy) is 1. The predicted molar refractivity (Wildman–Crippen MR) is 98.0 cm³/mol. The van der Waals surface area contributed by atoms with Gasteiger partial charge in [0, 0.05) is 6.54 Å². The lowest BCUT2D eigenvalue weighted by Crippen LogP contribution is -2.31. The topological polar surface area (TPSA) is 55.4 Å². The van der Waals surface area contributed by atoms with Gasteiger partial charge in [0.15, 0.2) is 0 Å². The molecule has 0 aliphatic heterocycles. The predicted octanol–water partition coefficient (Wildman–Crippen LogP) is 3.35. The fourth-order valence-electron chi connectivity index (χ4n) is 2.30. The van der Waals surface area contributed by atoms with E-state index in [4.69, 9.17) is 4.74 Å². The Kier molecular flexibility index (Phi) is 6.82. The summed E-state index contributed by atoms with van der Waals surface area (Å²) in [6, 6.07) is 17.5. The lowest BCUT2D eigenvalue weighted by molar-refractivity contribution is 0.322. The van der Waals surface area contributed by atoms with Crippen LogP contribution in [0.2, 0.25) is 0 Å². The summed E-state index contributed by atoms with van der Waals surface area (Å²) in [5.41, 5.74) is 2.22. The first kappa shape index (κ1) is 18.5. The van der Waals surface area contributed by atoms with E-state index in [1.807, 2.05) is 48.5 Å². The van der Waals surface area contributed by atoms with Gasteiger partial charge >= 0.3 is 0 Å². The number of hydrogen-bond donors (Lipinski definition) is 1. The molecule has 0 unspecified atom stereocenters. The molecule has 0 saturated carbocycles. The van der Waals surface area contributed by atoms with E-state index in [2.05, 4.69) is 24.6 Å². The molecule has 130 valence electrons. The zero-order chi connectivity index (χ0) is 17.4. The largest absolute Gasteiger partial charge is 0.492 e. The highest BCUT2D eigenvalue weighted by Gasteiger charge is 2.10. The molecule has 1 N–H and O–H groups in total. The third kappa shape index (κ3) is 6.34. The van der Waals surface area contributed by atoms with E-state index < -0.39 is 10.0 Å². The summed E-state index contributed by atoms with van der Waals surface area (Å²) < 4.78 is 32.2. The molecule has 0 saturated heterocycles. The first-order chi connectivity index (χ1) is 11.5. The van der Waals surface area contributed by atoms with E-state index in [-0.39, 0.29) is 12.3 Å². The molecule has 0 atom stereocenters. The average molecular weight is 347 g/mol. The Morgan fingerprint density at radius 2 is 1.79 bits per heavy atom. The Hall–Kier alpha value is -1.85. The van der Waals surface area contributed by atoms with Gasteiger partial charge in [-0.15, -0.1) is 0 Å². The van der Waals surface area contributed by atoms with Crippen LogP contribution in [0.4, 0.5) is 0 Å². The van der Waals surface area contributed by atoms with Crippen molar-refractivity contribution in [3.8, 4) is 5.75 Å². The maximum atomic E-state index is 12.0. The van der Waals surface area contributed by atoms with Gasteiger partial charge < -0.3 is 4.74 Å². The van der Waals surface area contributed by atoms with Crippen LogP contribution in [-0.2, 0) is 16.4 Å². The molecule has 4 nitrogen and oxygen atoms in total. The quantitative estimate of drug-likeness (QED) is 0.708. The van der Waals surface area contributed by atoms with Crippen LogP contribution >= 0.6 is 0 Å². The molecule has 2 aromatic rings. The van der Waals surface area contributed by atoms with Gasteiger partial charge in [0.05, 0.1) is 5.75 Å². The zero-order valence-electron chi connectivity index (χ0n) is 14.2. The summed E-state index contributed by atoms with van der Waals surface area (Å²) in [6.07, 6.45) is 0.507. The van der Waals surface area contributed by atoms with Crippen molar-refractivity contribution in [2.75, 3.05) is 18.9 Å². The van der Waals surface area contributed by atoms with Gasteiger partial charge in [-0.3, -0.25) is 0 Å². The molecule has 0 heterocycles. The van der Waals surface area contributed by atoms with Gasteiger partial charge in [0.25, 0.3) is 0 Å². The number of benzene rings is 2. The summed E-state index contributed by atoms with van der Waals surface area (Å²) in [5, 5.41) is 0.